The second-order valence-electron chi connectivity index (χ2n) is 3.98. The molecule has 0 fully saturated rings. The van der Waals surface area contributed by atoms with Gasteiger partial charge < -0.3 is 16.4 Å². The Labute approximate surface area is 105 Å². The third kappa shape index (κ3) is 3.00. The van der Waals surface area contributed by atoms with Crippen molar-refractivity contribution in [3.05, 3.63) is 42.2 Å². The molecule has 2 rings (SSSR count). The Morgan fingerprint density at radius 2 is 2.33 bits per heavy atom. The Morgan fingerprint density at radius 1 is 1.50 bits per heavy atom. The van der Waals surface area contributed by atoms with Gasteiger partial charge in [-0.05, 0) is 25.1 Å². The predicted octanol–water partition coefficient (Wildman–Crippen LogP) is 1.87. The number of aromatic amines is 1. The topological polar surface area (TPSA) is 95.8 Å². The highest BCUT2D eigenvalue weighted by molar-refractivity contribution is 5.89. The van der Waals surface area contributed by atoms with Gasteiger partial charge in [0.15, 0.2) is 0 Å². The fourth-order valence-corrected chi connectivity index (χ4v) is 1.56. The number of hydrogen-bond donors (Lipinski definition) is 4. The lowest BCUT2D eigenvalue weighted by Crippen LogP contribution is -2.30. The number of nitrogens with zero attached hydrogens (tertiary/aromatic N) is 1. The number of benzene rings is 1. The van der Waals surface area contributed by atoms with Gasteiger partial charge in [0.25, 0.3) is 0 Å². The van der Waals surface area contributed by atoms with Crippen LogP contribution in [-0.4, -0.2) is 16.2 Å². The van der Waals surface area contributed by atoms with E-state index < -0.39 is 0 Å². The third-order valence-corrected chi connectivity index (χ3v) is 2.51. The Hall–Kier alpha value is -2.50. The van der Waals surface area contributed by atoms with E-state index in [0.717, 1.165) is 5.56 Å². The maximum absolute atomic E-state index is 11.7. The molecule has 94 valence electrons. The van der Waals surface area contributed by atoms with Crippen molar-refractivity contribution in [2.75, 3.05) is 11.1 Å². The van der Waals surface area contributed by atoms with E-state index >= 15 is 0 Å². The van der Waals surface area contributed by atoms with Gasteiger partial charge in [-0.2, -0.15) is 5.10 Å². The Balaban J connectivity index is 1.93. The number of hydrogen-bond acceptors (Lipinski definition) is 3. The minimum atomic E-state index is -0.283. The van der Waals surface area contributed by atoms with Crippen molar-refractivity contribution in [3.8, 4) is 0 Å². The van der Waals surface area contributed by atoms with Gasteiger partial charge in [0.05, 0.1) is 12.2 Å². The van der Waals surface area contributed by atoms with E-state index in [2.05, 4.69) is 20.8 Å². The van der Waals surface area contributed by atoms with E-state index in [1.165, 1.54) is 0 Å². The van der Waals surface area contributed by atoms with Crippen LogP contribution in [-0.2, 0) is 0 Å². The maximum atomic E-state index is 11.7. The van der Waals surface area contributed by atoms with E-state index in [1.54, 1.807) is 36.7 Å². The summed E-state index contributed by atoms with van der Waals surface area (Å²) in [5.41, 5.74) is 7.81. The van der Waals surface area contributed by atoms with Crippen molar-refractivity contribution in [2.24, 2.45) is 0 Å². The quantitative estimate of drug-likeness (QED) is 0.621. The highest BCUT2D eigenvalue weighted by atomic mass is 16.2. The number of rotatable bonds is 3. The molecule has 2 aromatic rings. The number of anilines is 2. The van der Waals surface area contributed by atoms with Crippen LogP contribution in [0.4, 0.5) is 16.2 Å². The summed E-state index contributed by atoms with van der Waals surface area (Å²) in [7, 11) is 0. The van der Waals surface area contributed by atoms with Crippen LogP contribution in [0.5, 0.6) is 0 Å². The first-order valence-electron chi connectivity index (χ1n) is 5.57. The number of amides is 2. The molecule has 6 heteroatoms. The molecule has 1 unspecified atom stereocenters. The smallest absolute Gasteiger partial charge is 0.319 e. The highest BCUT2D eigenvalue weighted by Crippen LogP contribution is 2.13. The third-order valence-electron chi connectivity index (χ3n) is 2.51. The molecule has 0 aliphatic carbocycles. The van der Waals surface area contributed by atoms with E-state index in [-0.39, 0.29) is 12.1 Å². The van der Waals surface area contributed by atoms with Crippen molar-refractivity contribution in [1.29, 1.82) is 0 Å². The number of carbonyl (C=O) groups excluding carboxylic acids is 1. The lowest BCUT2D eigenvalue weighted by molar-refractivity contribution is 0.249. The normalized spacial score (nSPS) is 11.8. The zero-order valence-electron chi connectivity index (χ0n) is 9.97. The standard InChI is InChI=1S/C12H15N5O/c1-8(9-6-14-15-7-9)16-12(18)17-11-4-2-3-10(13)5-11/h2-8H,13H2,1H3,(H,14,15)(H2,16,17,18). The van der Waals surface area contributed by atoms with Gasteiger partial charge in [-0.15, -0.1) is 0 Å². The molecule has 0 bridgehead atoms. The fourth-order valence-electron chi connectivity index (χ4n) is 1.56. The SMILES string of the molecule is CC(NC(=O)Nc1cccc(N)c1)c1cn[nH]c1. The number of carbonyl (C=O) groups is 1. The van der Waals surface area contributed by atoms with Crippen molar-refractivity contribution >= 4 is 17.4 Å². The summed E-state index contributed by atoms with van der Waals surface area (Å²) < 4.78 is 0. The summed E-state index contributed by atoms with van der Waals surface area (Å²) in [4.78, 5) is 11.7. The van der Waals surface area contributed by atoms with E-state index in [1.807, 2.05) is 6.92 Å². The number of nitrogen functional groups attached to an aromatic ring is 1. The van der Waals surface area contributed by atoms with E-state index in [0.29, 0.717) is 11.4 Å². The van der Waals surface area contributed by atoms with Crippen LogP contribution in [0, 0.1) is 0 Å². The maximum Gasteiger partial charge on any atom is 0.319 e. The first-order chi connectivity index (χ1) is 8.65. The van der Waals surface area contributed by atoms with Gasteiger partial charge in [0.2, 0.25) is 0 Å². The molecule has 0 aliphatic heterocycles. The van der Waals surface area contributed by atoms with Crippen molar-refractivity contribution in [2.45, 2.75) is 13.0 Å². The number of aromatic nitrogens is 2. The van der Waals surface area contributed by atoms with Crippen LogP contribution in [0.1, 0.15) is 18.5 Å². The van der Waals surface area contributed by atoms with Crippen LogP contribution in [0.3, 0.4) is 0 Å². The summed E-state index contributed by atoms with van der Waals surface area (Å²) in [6.07, 6.45) is 3.41. The molecule has 1 aromatic heterocycles. The van der Waals surface area contributed by atoms with E-state index in [4.69, 9.17) is 5.73 Å². The molecule has 1 aromatic carbocycles. The second kappa shape index (κ2) is 5.22. The summed E-state index contributed by atoms with van der Waals surface area (Å²) >= 11 is 0. The molecule has 0 aliphatic rings. The first-order valence-corrected chi connectivity index (χ1v) is 5.57. The van der Waals surface area contributed by atoms with Crippen LogP contribution in [0.15, 0.2) is 36.7 Å². The predicted molar refractivity (Wildman–Crippen MR) is 70.0 cm³/mol. The molecule has 1 atom stereocenters. The first kappa shape index (κ1) is 12.0. The molecule has 0 saturated heterocycles. The molecule has 5 N–H and O–H groups in total. The van der Waals surface area contributed by atoms with Crippen molar-refractivity contribution < 1.29 is 4.79 Å². The van der Waals surface area contributed by atoms with Gasteiger partial charge in [-0.3, -0.25) is 5.10 Å². The minimum Gasteiger partial charge on any atom is -0.399 e. The summed E-state index contributed by atoms with van der Waals surface area (Å²) in [6, 6.07) is 6.61. The average molecular weight is 245 g/mol. The van der Waals surface area contributed by atoms with Gasteiger partial charge in [0, 0.05) is 23.1 Å². The van der Waals surface area contributed by atoms with Crippen molar-refractivity contribution in [3.63, 3.8) is 0 Å². The van der Waals surface area contributed by atoms with E-state index in [9.17, 15) is 4.79 Å². The molecule has 1 heterocycles. The molecular weight excluding hydrogens is 230 g/mol. The van der Waals surface area contributed by atoms with Crippen LogP contribution in [0.25, 0.3) is 0 Å². The molecular formula is C12H15N5O. The minimum absolute atomic E-state index is 0.121. The summed E-state index contributed by atoms with van der Waals surface area (Å²) in [5, 5.41) is 12.0. The lowest BCUT2D eigenvalue weighted by Gasteiger charge is -2.13. The second-order valence-corrected chi connectivity index (χ2v) is 3.98. The number of nitrogens with two attached hydrogens (primary N) is 1. The van der Waals surface area contributed by atoms with Gasteiger partial charge >= 0.3 is 6.03 Å². The fraction of sp³-hybridized carbons (Fsp3) is 0.167. The van der Waals surface area contributed by atoms with Gasteiger partial charge in [0.1, 0.15) is 0 Å². The Bertz CT molecular complexity index is 523. The van der Waals surface area contributed by atoms with Crippen LogP contribution < -0.4 is 16.4 Å². The van der Waals surface area contributed by atoms with Gasteiger partial charge in [-0.1, -0.05) is 6.07 Å². The molecule has 18 heavy (non-hydrogen) atoms. The Morgan fingerprint density at radius 3 is 3.00 bits per heavy atom. The molecule has 2 amide bonds. The lowest BCUT2D eigenvalue weighted by atomic mass is 10.2. The largest absolute Gasteiger partial charge is 0.399 e. The molecule has 0 radical (unpaired) electrons. The highest BCUT2D eigenvalue weighted by Gasteiger charge is 2.10. The van der Waals surface area contributed by atoms with Crippen LogP contribution >= 0.6 is 0 Å². The zero-order chi connectivity index (χ0) is 13.0. The molecule has 0 saturated carbocycles. The number of urea groups is 1. The number of nitrogens with one attached hydrogen (secondary N) is 3. The van der Waals surface area contributed by atoms with Crippen molar-refractivity contribution in [1.82, 2.24) is 15.5 Å². The summed E-state index contributed by atoms with van der Waals surface area (Å²) in [5.74, 6) is 0. The van der Waals surface area contributed by atoms with Crippen LogP contribution in [0.2, 0.25) is 0 Å². The monoisotopic (exact) mass is 245 g/mol. The average Bonchev–Trinajstić information content (AvgIpc) is 2.81. The zero-order valence-corrected chi connectivity index (χ0v) is 9.97. The molecule has 0 spiro atoms. The Kier molecular flexibility index (Phi) is 3.47. The summed E-state index contributed by atoms with van der Waals surface area (Å²) in [6.45, 7) is 1.88. The van der Waals surface area contributed by atoms with Gasteiger partial charge in [-0.25, -0.2) is 4.79 Å². The molecule has 6 nitrogen and oxygen atoms in total. The number of H-pyrrole nitrogens is 1.